The molecule has 4 heteroatoms. The molecule has 0 radical (unpaired) electrons. The first-order valence-electron chi connectivity index (χ1n) is 5.32. The summed E-state index contributed by atoms with van der Waals surface area (Å²) in [6, 6.07) is 10.1. The van der Waals surface area contributed by atoms with Gasteiger partial charge in [0.2, 0.25) is 0 Å². The van der Waals surface area contributed by atoms with Gasteiger partial charge in [0.25, 0.3) is 0 Å². The van der Waals surface area contributed by atoms with Crippen molar-refractivity contribution >= 4 is 17.4 Å². The van der Waals surface area contributed by atoms with Gasteiger partial charge in [-0.1, -0.05) is 23.7 Å². The fraction of sp³-hybridized carbons (Fsp3) is 0.0714. The number of carbonyl (C=O) groups is 1. The van der Waals surface area contributed by atoms with Crippen molar-refractivity contribution in [1.29, 1.82) is 0 Å². The van der Waals surface area contributed by atoms with Crippen LogP contribution in [-0.4, -0.2) is 10.9 Å². The Morgan fingerprint density at radius 2 is 2.00 bits per heavy atom. The van der Waals surface area contributed by atoms with Gasteiger partial charge in [0, 0.05) is 11.4 Å². The number of aromatic hydroxyl groups is 1. The summed E-state index contributed by atoms with van der Waals surface area (Å²) in [6.07, 6.45) is 0.0670. The topological polar surface area (TPSA) is 37.3 Å². The van der Waals surface area contributed by atoms with Gasteiger partial charge in [-0.3, -0.25) is 4.79 Å². The maximum absolute atomic E-state index is 13.0. The van der Waals surface area contributed by atoms with Crippen LogP contribution in [0.15, 0.2) is 42.5 Å². The summed E-state index contributed by atoms with van der Waals surface area (Å²) in [4.78, 5) is 11.9. The Hall–Kier alpha value is -1.87. The second kappa shape index (κ2) is 5.19. The fourth-order valence-electron chi connectivity index (χ4n) is 1.66. The third kappa shape index (κ3) is 2.87. The molecule has 92 valence electrons. The van der Waals surface area contributed by atoms with E-state index in [0.29, 0.717) is 5.02 Å². The summed E-state index contributed by atoms with van der Waals surface area (Å²) in [6.45, 7) is 0. The first-order valence-corrected chi connectivity index (χ1v) is 5.70. The number of Topliss-reactive ketones (excluding diaryl/α,β-unsaturated/α-hetero) is 1. The molecule has 0 spiro atoms. The summed E-state index contributed by atoms with van der Waals surface area (Å²) in [5.41, 5.74) is 0.700. The lowest BCUT2D eigenvalue weighted by molar-refractivity contribution is 0.0990. The van der Waals surface area contributed by atoms with Crippen LogP contribution in [0.2, 0.25) is 5.02 Å². The van der Waals surface area contributed by atoms with E-state index >= 15 is 0 Å². The first-order chi connectivity index (χ1) is 8.56. The summed E-state index contributed by atoms with van der Waals surface area (Å²) >= 11 is 5.81. The average molecular weight is 265 g/mol. The molecule has 0 saturated carbocycles. The molecule has 0 fully saturated rings. The lowest BCUT2D eigenvalue weighted by atomic mass is 10.0. The summed E-state index contributed by atoms with van der Waals surface area (Å²) in [5.74, 6) is -1.13. The first kappa shape index (κ1) is 12.6. The lowest BCUT2D eigenvalue weighted by Gasteiger charge is -2.04. The normalized spacial score (nSPS) is 10.3. The highest BCUT2D eigenvalue weighted by Gasteiger charge is 2.13. The van der Waals surface area contributed by atoms with E-state index in [0.717, 1.165) is 17.7 Å². The third-order valence-corrected chi connectivity index (χ3v) is 2.75. The third-order valence-electron chi connectivity index (χ3n) is 2.51. The van der Waals surface area contributed by atoms with Gasteiger partial charge in [-0.2, -0.15) is 0 Å². The summed E-state index contributed by atoms with van der Waals surface area (Å²) in [7, 11) is 0. The molecule has 0 aliphatic heterocycles. The molecule has 0 unspecified atom stereocenters. The molecule has 0 heterocycles. The number of halogens is 2. The second-order valence-electron chi connectivity index (χ2n) is 3.89. The van der Waals surface area contributed by atoms with Crippen LogP contribution in [0, 0.1) is 5.82 Å². The zero-order valence-electron chi connectivity index (χ0n) is 9.36. The molecule has 2 aromatic carbocycles. The van der Waals surface area contributed by atoms with Crippen molar-refractivity contribution in [2.24, 2.45) is 0 Å². The fourth-order valence-corrected chi connectivity index (χ4v) is 1.87. The minimum absolute atomic E-state index is 0.0185. The molecule has 2 aromatic rings. The molecule has 2 nitrogen and oxygen atoms in total. The quantitative estimate of drug-likeness (QED) is 0.860. The van der Waals surface area contributed by atoms with Crippen LogP contribution in [0.5, 0.6) is 5.75 Å². The highest BCUT2D eigenvalue weighted by Crippen LogP contribution is 2.20. The van der Waals surface area contributed by atoms with Gasteiger partial charge in [-0.15, -0.1) is 0 Å². The van der Waals surface area contributed by atoms with Crippen molar-refractivity contribution in [2.75, 3.05) is 0 Å². The van der Waals surface area contributed by atoms with Crippen molar-refractivity contribution in [1.82, 2.24) is 0 Å². The number of carbonyl (C=O) groups excluding carboxylic acids is 1. The predicted octanol–water partition coefficient (Wildman–Crippen LogP) is 3.61. The number of hydrogen-bond acceptors (Lipinski definition) is 2. The number of ketones is 1. The molecule has 0 aliphatic carbocycles. The van der Waals surface area contributed by atoms with Crippen LogP contribution >= 0.6 is 11.6 Å². The van der Waals surface area contributed by atoms with Crippen LogP contribution in [0.25, 0.3) is 0 Å². The van der Waals surface area contributed by atoms with Gasteiger partial charge in [0.15, 0.2) is 5.78 Å². The van der Waals surface area contributed by atoms with Crippen molar-refractivity contribution in [3.05, 3.63) is 64.4 Å². The van der Waals surface area contributed by atoms with E-state index in [1.807, 2.05) is 0 Å². The Labute approximate surface area is 109 Å². The Morgan fingerprint density at radius 1 is 1.22 bits per heavy atom. The van der Waals surface area contributed by atoms with Crippen LogP contribution in [0.4, 0.5) is 4.39 Å². The molecule has 18 heavy (non-hydrogen) atoms. The Kier molecular flexibility index (Phi) is 3.63. The molecular weight excluding hydrogens is 255 g/mol. The number of rotatable bonds is 3. The molecule has 0 aliphatic rings. The van der Waals surface area contributed by atoms with Crippen molar-refractivity contribution in [2.45, 2.75) is 6.42 Å². The summed E-state index contributed by atoms with van der Waals surface area (Å²) in [5, 5.41) is 10.1. The highest BCUT2D eigenvalue weighted by molar-refractivity contribution is 6.30. The largest absolute Gasteiger partial charge is 0.507 e. The smallest absolute Gasteiger partial charge is 0.171 e. The van der Waals surface area contributed by atoms with Gasteiger partial charge in [0.1, 0.15) is 11.6 Å². The monoisotopic (exact) mass is 264 g/mol. The Balaban J connectivity index is 2.24. The summed E-state index contributed by atoms with van der Waals surface area (Å²) < 4.78 is 13.0. The maximum atomic E-state index is 13.0. The standard InChI is InChI=1S/C14H10ClFO2/c15-10-3-1-2-9(6-10)7-14(18)12-8-11(16)4-5-13(12)17/h1-6,8,17H,7H2. The van der Waals surface area contributed by atoms with Gasteiger partial charge >= 0.3 is 0 Å². The molecule has 0 atom stereocenters. The minimum atomic E-state index is -0.553. The van der Waals surface area contributed by atoms with E-state index in [-0.39, 0.29) is 23.5 Å². The minimum Gasteiger partial charge on any atom is -0.507 e. The van der Waals surface area contributed by atoms with E-state index in [1.54, 1.807) is 24.3 Å². The van der Waals surface area contributed by atoms with E-state index in [1.165, 1.54) is 6.07 Å². The maximum Gasteiger partial charge on any atom is 0.171 e. The SMILES string of the molecule is O=C(Cc1cccc(Cl)c1)c1cc(F)ccc1O. The zero-order chi connectivity index (χ0) is 13.1. The van der Waals surface area contributed by atoms with Crippen molar-refractivity contribution in [3.8, 4) is 5.75 Å². The van der Waals surface area contributed by atoms with Gasteiger partial charge in [-0.05, 0) is 35.9 Å². The average Bonchev–Trinajstić information content (AvgIpc) is 2.32. The van der Waals surface area contributed by atoms with E-state index < -0.39 is 5.82 Å². The Morgan fingerprint density at radius 3 is 2.72 bits per heavy atom. The van der Waals surface area contributed by atoms with Crippen LogP contribution in [0.1, 0.15) is 15.9 Å². The van der Waals surface area contributed by atoms with E-state index in [9.17, 15) is 14.3 Å². The van der Waals surface area contributed by atoms with Crippen LogP contribution in [-0.2, 0) is 6.42 Å². The van der Waals surface area contributed by atoms with Crippen LogP contribution in [0.3, 0.4) is 0 Å². The number of phenols is 1. The lowest BCUT2D eigenvalue weighted by Crippen LogP contribution is -2.04. The van der Waals surface area contributed by atoms with E-state index in [4.69, 9.17) is 11.6 Å². The molecular formula is C14H10ClFO2. The van der Waals surface area contributed by atoms with Gasteiger partial charge < -0.3 is 5.11 Å². The van der Waals surface area contributed by atoms with E-state index in [2.05, 4.69) is 0 Å². The molecule has 0 bridgehead atoms. The zero-order valence-corrected chi connectivity index (χ0v) is 10.1. The Bertz CT molecular complexity index is 596. The molecule has 0 aromatic heterocycles. The van der Waals surface area contributed by atoms with Crippen LogP contribution < -0.4 is 0 Å². The number of benzene rings is 2. The number of hydrogen-bond donors (Lipinski definition) is 1. The van der Waals surface area contributed by atoms with Crippen molar-refractivity contribution < 1.29 is 14.3 Å². The molecule has 2 rings (SSSR count). The predicted molar refractivity (Wildman–Crippen MR) is 67.6 cm³/mol. The molecule has 0 amide bonds. The van der Waals surface area contributed by atoms with Gasteiger partial charge in [-0.25, -0.2) is 4.39 Å². The van der Waals surface area contributed by atoms with Gasteiger partial charge in [0.05, 0.1) is 5.56 Å². The second-order valence-corrected chi connectivity index (χ2v) is 4.33. The highest BCUT2D eigenvalue weighted by atomic mass is 35.5. The molecule has 0 saturated heterocycles. The number of phenolic OH excluding ortho intramolecular Hbond substituents is 1. The molecule has 1 N–H and O–H groups in total. The van der Waals surface area contributed by atoms with Crippen molar-refractivity contribution in [3.63, 3.8) is 0 Å².